The first-order valence-corrected chi connectivity index (χ1v) is 8.26. The van der Waals surface area contributed by atoms with Crippen LogP contribution in [0.1, 0.15) is 5.56 Å². The first kappa shape index (κ1) is 20.1. The van der Waals surface area contributed by atoms with Crippen molar-refractivity contribution >= 4 is 35.9 Å². The molecule has 0 aromatic carbocycles. The lowest BCUT2D eigenvalue weighted by Crippen LogP contribution is -2.52. The van der Waals surface area contributed by atoms with E-state index < -0.39 is 0 Å². The zero-order chi connectivity index (χ0) is 17.5. The number of halogens is 1. The maximum atomic E-state index is 5.16. The molecule has 0 aliphatic carbocycles. The monoisotopic (exact) mass is 469 g/mol. The van der Waals surface area contributed by atoms with Crippen molar-refractivity contribution in [2.75, 3.05) is 45.2 Å². The SMILES string of the molecule is CN=C(NCc1ccnc(OC)c1)N1CCN(c2ncccn2)CC1.I. The van der Waals surface area contributed by atoms with Crippen LogP contribution in [0, 0.1) is 0 Å². The Balaban J connectivity index is 0.00000243. The summed E-state index contributed by atoms with van der Waals surface area (Å²) in [5, 5.41) is 3.40. The highest BCUT2D eigenvalue weighted by atomic mass is 127. The van der Waals surface area contributed by atoms with E-state index in [0.717, 1.165) is 43.7 Å². The van der Waals surface area contributed by atoms with Crippen LogP contribution in [0.15, 0.2) is 41.8 Å². The Labute approximate surface area is 170 Å². The Hall–Kier alpha value is -2.17. The van der Waals surface area contributed by atoms with Gasteiger partial charge in [0.25, 0.3) is 0 Å². The molecule has 0 saturated carbocycles. The standard InChI is InChI=1S/C17H23N7O.HI/c1-18-16(22-13-14-4-7-19-15(12-14)25-2)23-8-10-24(11-9-23)17-20-5-3-6-21-17;/h3-7,12H,8-11,13H2,1-2H3,(H,18,22);1H. The number of ether oxygens (including phenoxy) is 1. The minimum absolute atomic E-state index is 0. The highest BCUT2D eigenvalue weighted by Crippen LogP contribution is 2.11. The third-order valence-electron chi connectivity index (χ3n) is 4.09. The Kier molecular flexibility index (Phi) is 7.82. The minimum Gasteiger partial charge on any atom is -0.481 e. The normalized spacial score (nSPS) is 14.6. The molecule has 1 fully saturated rings. The van der Waals surface area contributed by atoms with Crippen LogP contribution in [0.4, 0.5) is 5.95 Å². The Bertz CT molecular complexity index is 705. The molecule has 0 bridgehead atoms. The van der Waals surface area contributed by atoms with E-state index in [1.807, 2.05) is 25.2 Å². The van der Waals surface area contributed by atoms with Gasteiger partial charge in [0.15, 0.2) is 5.96 Å². The van der Waals surface area contributed by atoms with Crippen LogP contribution in [-0.4, -0.2) is 66.1 Å². The van der Waals surface area contributed by atoms with Gasteiger partial charge in [-0.25, -0.2) is 15.0 Å². The number of hydrogen-bond donors (Lipinski definition) is 1. The molecule has 2 aromatic rings. The van der Waals surface area contributed by atoms with Crippen LogP contribution < -0.4 is 15.0 Å². The van der Waals surface area contributed by atoms with E-state index in [-0.39, 0.29) is 24.0 Å². The van der Waals surface area contributed by atoms with Crippen LogP contribution in [0.2, 0.25) is 0 Å². The summed E-state index contributed by atoms with van der Waals surface area (Å²) in [5.74, 6) is 2.30. The van der Waals surface area contributed by atoms with E-state index in [4.69, 9.17) is 4.74 Å². The number of piperazine rings is 1. The smallest absolute Gasteiger partial charge is 0.225 e. The number of guanidine groups is 1. The molecule has 1 saturated heterocycles. The number of aromatic nitrogens is 3. The van der Waals surface area contributed by atoms with Gasteiger partial charge in [0, 0.05) is 64.4 Å². The maximum absolute atomic E-state index is 5.16. The number of nitrogens with one attached hydrogen (secondary N) is 1. The number of rotatable bonds is 4. The quantitative estimate of drug-likeness (QED) is 0.412. The lowest BCUT2D eigenvalue weighted by molar-refractivity contribution is 0.370. The van der Waals surface area contributed by atoms with Crippen molar-refractivity contribution in [3.05, 3.63) is 42.4 Å². The summed E-state index contributed by atoms with van der Waals surface area (Å²) >= 11 is 0. The molecule has 1 aliphatic heterocycles. The van der Waals surface area contributed by atoms with Crippen molar-refractivity contribution in [3.63, 3.8) is 0 Å². The van der Waals surface area contributed by atoms with Crippen molar-refractivity contribution in [3.8, 4) is 5.88 Å². The van der Waals surface area contributed by atoms with Crippen molar-refractivity contribution < 1.29 is 4.74 Å². The van der Waals surface area contributed by atoms with E-state index in [0.29, 0.717) is 12.4 Å². The summed E-state index contributed by atoms with van der Waals surface area (Å²) in [4.78, 5) is 21.6. The largest absolute Gasteiger partial charge is 0.481 e. The Morgan fingerprint density at radius 1 is 1.15 bits per heavy atom. The minimum atomic E-state index is 0. The van der Waals surface area contributed by atoms with Crippen LogP contribution in [-0.2, 0) is 6.54 Å². The highest BCUT2D eigenvalue weighted by molar-refractivity contribution is 14.0. The molecule has 140 valence electrons. The van der Waals surface area contributed by atoms with Gasteiger partial charge in [-0.05, 0) is 17.7 Å². The number of methoxy groups -OCH3 is 1. The van der Waals surface area contributed by atoms with Gasteiger partial charge < -0.3 is 19.9 Å². The summed E-state index contributed by atoms with van der Waals surface area (Å²) in [6.45, 7) is 4.16. The Morgan fingerprint density at radius 2 is 1.88 bits per heavy atom. The molecule has 26 heavy (non-hydrogen) atoms. The fourth-order valence-corrected chi connectivity index (χ4v) is 2.76. The predicted molar refractivity (Wildman–Crippen MR) is 112 cm³/mol. The van der Waals surface area contributed by atoms with Gasteiger partial charge in [-0.1, -0.05) is 0 Å². The van der Waals surface area contributed by atoms with E-state index >= 15 is 0 Å². The number of nitrogens with zero attached hydrogens (tertiary/aromatic N) is 6. The van der Waals surface area contributed by atoms with Gasteiger partial charge in [-0.2, -0.15) is 0 Å². The summed E-state index contributed by atoms with van der Waals surface area (Å²) in [7, 11) is 3.43. The molecule has 0 unspecified atom stereocenters. The molecule has 1 N–H and O–H groups in total. The van der Waals surface area contributed by atoms with Crippen LogP contribution in [0.5, 0.6) is 5.88 Å². The summed E-state index contributed by atoms with van der Waals surface area (Å²) < 4.78 is 5.16. The van der Waals surface area contributed by atoms with E-state index in [1.54, 1.807) is 25.7 Å². The predicted octanol–water partition coefficient (Wildman–Crippen LogP) is 1.40. The lowest BCUT2D eigenvalue weighted by atomic mass is 10.2. The van der Waals surface area contributed by atoms with E-state index in [9.17, 15) is 0 Å². The average Bonchev–Trinajstić information content (AvgIpc) is 2.70. The van der Waals surface area contributed by atoms with Crippen molar-refractivity contribution in [1.82, 2.24) is 25.2 Å². The van der Waals surface area contributed by atoms with Crippen molar-refractivity contribution in [2.24, 2.45) is 4.99 Å². The molecule has 2 aromatic heterocycles. The summed E-state index contributed by atoms with van der Waals surface area (Å²) in [6, 6.07) is 5.72. The highest BCUT2D eigenvalue weighted by Gasteiger charge is 2.20. The van der Waals surface area contributed by atoms with Crippen molar-refractivity contribution in [1.29, 1.82) is 0 Å². The first-order valence-electron chi connectivity index (χ1n) is 8.26. The summed E-state index contributed by atoms with van der Waals surface area (Å²) in [6.07, 6.45) is 5.30. The van der Waals surface area contributed by atoms with Crippen LogP contribution >= 0.6 is 24.0 Å². The van der Waals surface area contributed by atoms with Gasteiger partial charge in [-0.15, -0.1) is 24.0 Å². The number of pyridine rings is 1. The number of aliphatic imine (C=N–C) groups is 1. The molecular weight excluding hydrogens is 445 g/mol. The molecule has 0 amide bonds. The fraction of sp³-hybridized carbons (Fsp3) is 0.412. The van der Waals surface area contributed by atoms with Gasteiger partial charge in [0.2, 0.25) is 11.8 Å². The number of anilines is 1. The van der Waals surface area contributed by atoms with Crippen LogP contribution in [0.3, 0.4) is 0 Å². The topological polar surface area (TPSA) is 78.8 Å². The summed E-state index contributed by atoms with van der Waals surface area (Å²) in [5.41, 5.74) is 1.10. The zero-order valence-electron chi connectivity index (χ0n) is 15.0. The van der Waals surface area contributed by atoms with Gasteiger partial charge in [0.05, 0.1) is 7.11 Å². The van der Waals surface area contributed by atoms with Gasteiger partial charge in [0.1, 0.15) is 0 Å². The third-order valence-corrected chi connectivity index (χ3v) is 4.09. The molecular formula is C17H24IN7O. The molecule has 3 heterocycles. The van der Waals surface area contributed by atoms with Gasteiger partial charge in [-0.3, -0.25) is 4.99 Å². The first-order chi connectivity index (χ1) is 12.3. The second kappa shape index (κ2) is 10.1. The molecule has 0 atom stereocenters. The Morgan fingerprint density at radius 3 is 2.54 bits per heavy atom. The zero-order valence-corrected chi connectivity index (χ0v) is 17.3. The molecule has 8 nitrogen and oxygen atoms in total. The van der Waals surface area contributed by atoms with Crippen LogP contribution in [0.25, 0.3) is 0 Å². The average molecular weight is 469 g/mol. The second-order valence-electron chi connectivity index (χ2n) is 5.63. The van der Waals surface area contributed by atoms with E-state index in [1.165, 1.54) is 0 Å². The second-order valence-corrected chi connectivity index (χ2v) is 5.63. The molecule has 0 spiro atoms. The maximum Gasteiger partial charge on any atom is 0.225 e. The molecule has 1 aliphatic rings. The fourth-order valence-electron chi connectivity index (χ4n) is 2.76. The molecule has 9 heteroatoms. The lowest BCUT2D eigenvalue weighted by Gasteiger charge is -2.36. The van der Waals surface area contributed by atoms with Gasteiger partial charge >= 0.3 is 0 Å². The van der Waals surface area contributed by atoms with E-state index in [2.05, 4.69) is 35.1 Å². The molecule has 3 rings (SSSR count). The van der Waals surface area contributed by atoms with Crippen molar-refractivity contribution in [2.45, 2.75) is 6.54 Å². The third kappa shape index (κ3) is 5.16. The molecule has 0 radical (unpaired) electrons. The number of hydrogen-bond acceptors (Lipinski definition) is 6.